The molecule has 2 N–H and O–H groups in total. The second kappa shape index (κ2) is 5.97. The summed E-state index contributed by atoms with van der Waals surface area (Å²) >= 11 is 12.2. The summed E-state index contributed by atoms with van der Waals surface area (Å²) in [6.45, 7) is 0. The van der Waals surface area contributed by atoms with E-state index >= 15 is 0 Å². The fourth-order valence-corrected chi connectivity index (χ4v) is 2.54. The first kappa shape index (κ1) is 15.7. The zero-order chi connectivity index (χ0) is 15.6. The SMILES string of the molecule is N#Cc1sc(NNc2ccc(Cl)cc2Cl)nc1C(F)(F)F. The third-order valence-electron chi connectivity index (χ3n) is 2.23. The lowest BCUT2D eigenvalue weighted by molar-refractivity contribution is -0.140. The Balaban J connectivity index is 2.18. The van der Waals surface area contributed by atoms with Gasteiger partial charge in [-0.2, -0.15) is 18.4 Å². The molecule has 0 radical (unpaired) electrons. The van der Waals surface area contributed by atoms with Gasteiger partial charge in [0, 0.05) is 5.02 Å². The van der Waals surface area contributed by atoms with Crippen LogP contribution in [0.4, 0.5) is 24.0 Å². The number of nitriles is 1. The molecule has 0 unspecified atom stereocenters. The molecule has 0 aliphatic carbocycles. The molecule has 0 fully saturated rings. The minimum Gasteiger partial charge on any atom is -0.297 e. The maximum atomic E-state index is 12.6. The molecular formula is C11H5Cl2F3N4S. The molecule has 0 aliphatic rings. The van der Waals surface area contributed by atoms with Crippen LogP contribution in [-0.4, -0.2) is 4.98 Å². The van der Waals surface area contributed by atoms with Crippen molar-refractivity contribution in [3.63, 3.8) is 0 Å². The third-order valence-corrected chi connectivity index (χ3v) is 3.66. The Labute approximate surface area is 131 Å². The van der Waals surface area contributed by atoms with Crippen LogP contribution in [0.3, 0.4) is 0 Å². The van der Waals surface area contributed by atoms with Crippen molar-refractivity contribution >= 4 is 45.4 Å². The van der Waals surface area contributed by atoms with Gasteiger partial charge in [-0.3, -0.25) is 10.9 Å². The lowest BCUT2D eigenvalue weighted by Gasteiger charge is -2.08. The first-order valence-corrected chi connectivity index (χ1v) is 6.83. The smallest absolute Gasteiger partial charge is 0.297 e. The normalized spacial score (nSPS) is 11.0. The average molecular weight is 353 g/mol. The molecule has 0 saturated carbocycles. The Bertz CT molecular complexity index is 708. The number of aromatic nitrogens is 1. The van der Waals surface area contributed by atoms with E-state index in [-0.39, 0.29) is 10.2 Å². The average Bonchev–Trinajstić information content (AvgIpc) is 2.81. The number of halogens is 5. The second-order valence-corrected chi connectivity index (χ2v) is 5.52. The predicted octanol–water partition coefficient (Wildman–Crippen LogP) is 4.78. The summed E-state index contributed by atoms with van der Waals surface area (Å²) in [7, 11) is 0. The van der Waals surface area contributed by atoms with Crippen LogP contribution in [0, 0.1) is 11.3 Å². The molecule has 0 spiro atoms. The molecule has 2 aromatic rings. The number of hydrazine groups is 1. The van der Waals surface area contributed by atoms with Gasteiger partial charge in [0.05, 0.1) is 10.7 Å². The minimum absolute atomic E-state index is 0.107. The number of rotatable bonds is 3. The van der Waals surface area contributed by atoms with Crippen LogP contribution in [0.25, 0.3) is 0 Å². The van der Waals surface area contributed by atoms with Gasteiger partial charge in [0.25, 0.3) is 0 Å². The summed E-state index contributed by atoms with van der Waals surface area (Å²) in [6, 6.07) is 6.03. The zero-order valence-electron chi connectivity index (χ0n) is 9.92. The van der Waals surface area contributed by atoms with Crippen LogP contribution in [0.5, 0.6) is 0 Å². The van der Waals surface area contributed by atoms with Crippen molar-refractivity contribution in [2.24, 2.45) is 0 Å². The highest BCUT2D eigenvalue weighted by Crippen LogP contribution is 2.35. The van der Waals surface area contributed by atoms with Gasteiger partial charge >= 0.3 is 6.18 Å². The van der Waals surface area contributed by atoms with Crippen molar-refractivity contribution in [1.29, 1.82) is 5.26 Å². The summed E-state index contributed by atoms with van der Waals surface area (Å²) in [6.07, 6.45) is -4.68. The van der Waals surface area contributed by atoms with Crippen LogP contribution < -0.4 is 10.9 Å². The molecule has 0 amide bonds. The Morgan fingerprint density at radius 1 is 1.24 bits per heavy atom. The van der Waals surface area contributed by atoms with E-state index in [0.717, 1.165) is 0 Å². The van der Waals surface area contributed by atoms with Gasteiger partial charge in [-0.25, -0.2) is 4.98 Å². The molecule has 1 heterocycles. The van der Waals surface area contributed by atoms with Crippen LogP contribution in [0.2, 0.25) is 10.0 Å². The minimum atomic E-state index is -4.68. The maximum Gasteiger partial charge on any atom is 0.435 e. The van der Waals surface area contributed by atoms with Crippen molar-refractivity contribution in [2.75, 3.05) is 10.9 Å². The molecule has 4 nitrogen and oxygen atoms in total. The number of alkyl halides is 3. The summed E-state index contributed by atoms with van der Waals surface area (Å²) < 4.78 is 37.9. The number of nitrogens with zero attached hydrogens (tertiary/aromatic N) is 2. The standard InChI is InChI=1S/C11H5Cl2F3N4S/c12-5-1-2-7(6(13)3-5)19-20-10-18-9(11(14,15)16)8(4-17)21-10/h1-3,19H,(H,18,20). The fraction of sp³-hybridized carbons (Fsp3) is 0.0909. The molecule has 2 rings (SSSR count). The van der Waals surface area contributed by atoms with E-state index in [0.29, 0.717) is 22.0 Å². The van der Waals surface area contributed by atoms with Crippen molar-refractivity contribution in [1.82, 2.24) is 4.98 Å². The molecule has 0 atom stereocenters. The monoisotopic (exact) mass is 352 g/mol. The van der Waals surface area contributed by atoms with E-state index < -0.39 is 16.7 Å². The molecule has 0 aliphatic heterocycles. The number of nitrogens with one attached hydrogen (secondary N) is 2. The van der Waals surface area contributed by atoms with E-state index in [1.54, 1.807) is 12.1 Å². The highest BCUT2D eigenvalue weighted by Gasteiger charge is 2.37. The van der Waals surface area contributed by atoms with Gasteiger partial charge in [0.2, 0.25) is 5.13 Å². The Kier molecular flexibility index (Phi) is 4.46. The van der Waals surface area contributed by atoms with E-state index in [2.05, 4.69) is 15.8 Å². The first-order valence-electron chi connectivity index (χ1n) is 5.26. The lowest BCUT2D eigenvalue weighted by Crippen LogP contribution is -2.11. The van der Waals surface area contributed by atoms with Crippen LogP contribution in [-0.2, 0) is 6.18 Å². The molecule has 10 heteroatoms. The third kappa shape index (κ3) is 3.69. The van der Waals surface area contributed by atoms with Crippen molar-refractivity contribution < 1.29 is 13.2 Å². The van der Waals surface area contributed by atoms with Crippen LogP contribution in [0.1, 0.15) is 10.6 Å². The maximum absolute atomic E-state index is 12.6. The molecular weight excluding hydrogens is 348 g/mol. The Morgan fingerprint density at radius 3 is 2.48 bits per heavy atom. The summed E-state index contributed by atoms with van der Waals surface area (Å²) in [5.74, 6) is 0. The summed E-state index contributed by atoms with van der Waals surface area (Å²) in [5, 5.41) is 9.29. The Hall–Kier alpha value is -1.69. The number of thiazole rings is 1. The zero-order valence-corrected chi connectivity index (χ0v) is 12.3. The van der Waals surface area contributed by atoms with E-state index in [1.807, 2.05) is 0 Å². The van der Waals surface area contributed by atoms with Gasteiger partial charge in [0.15, 0.2) is 5.69 Å². The quantitative estimate of drug-likeness (QED) is 0.780. The van der Waals surface area contributed by atoms with Crippen molar-refractivity contribution in [3.05, 3.63) is 38.8 Å². The molecule has 1 aromatic carbocycles. The van der Waals surface area contributed by atoms with Gasteiger partial charge in [-0.15, -0.1) is 0 Å². The number of hydrogen-bond donors (Lipinski definition) is 2. The van der Waals surface area contributed by atoms with Gasteiger partial charge in [-0.1, -0.05) is 34.5 Å². The second-order valence-electron chi connectivity index (χ2n) is 3.68. The van der Waals surface area contributed by atoms with E-state index in [4.69, 9.17) is 28.5 Å². The van der Waals surface area contributed by atoms with Crippen LogP contribution >= 0.6 is 34.5 Å². The van der Waals surface area contributed by atoms with Gasteiger partial charge in [0.1, 0.15) is 10.9 Å². The number of anilines is 2. The van der Waals surface area contributed by atoms with E-state index in [9.17, 15) is 13.2 Å². The molecule has 110 valence electrons. The van der Waals surface area contributed by atoms with Crippen molar-refractivity contribution in [2.45, 2.75) is 6.18 Å². The first-order chi connectivity index (χ1) is 9.81. The summed E-state index contributed by atoms with van der Waals surface area (Å²) in [4.78, 5) is 2.82. The molecule has 0 bridgehead atoms. The number of benzene rings is 1. The highest BCUT2D eigenvalue weighted by molar-refractivity contribution is 7.16. The molecule has 21 heavy (non-hydrogen) atoms. The lowest BCUT2D eigenvalue weighted by atomic mass is 10.3. The van der Waals surface area contributed by atoms with Gasteiger partial charge < -0.3 is 0 Å². The largest absolute Gasteiger partial charge is 0.435 e. The highest BCUT2D eigenvalue weighted by atomic mass is 35.5. The van der Waals surface area contributed by atoms with Crippen molar-refractivity contribution in [3.8, 4) is 6.07 Å². The molecule has 1 aromatic heterocycles. The number of hydrogen-bond acceptors (Lipinski definition) is 5. The van der Waals surface area contributed by atoms with Crippen LogP contribution in [0.15, 0.2) is 18.2 Å². The topological polar surface area (TPSA) is 60.7 Å². The summed E-state index contributed by atoms with van der Waals surface area (Å²) in [5.41, 5.74) is 4.26. The van der Waals surface area contributed by atoms with Gasteiger partial charge in [-0.05, 0) is 18.2 Å². The molecule has 0 saturated heterocycles. The van der Waals surface area contributed by atoms with E-state index in [1.165, 1.54) is 12.1 Å². The predicted molar refractivity (Wildman–Crippen MR) is 75.5 cm³/mol. The fourth-order valence-electron chi connectivity index (χ4n) is 1.35. The Morgan fingerprint density at radius 2 is 1.95 bits per heavy atom.